The van der Waals surface area contributed by atoms with Crippen LogP contribution in [0.5, 0.6) is 0 Å². The van der Waals surface area contributed by atoms with Gasteiger partial charge >= 0.3 is 0 Å². The molecule has 2 aromatic rings. The van der Waals surface area contributed by atoms with Gasteiger partial charge in [0, 0.05) is 51.2 Å². The number of benzene rings is 1. The Labute approximate surface area is 133 Å². The number of hydrogen-bond acceptors (Lipinski definition) is 2. The fourth-order valence-corrected chi connectivity index (χ4v) is 2.70. The Morgan fingerprint density at radius 2 is 1.39 bits per heavy atom. The first-order valence-electron chi connectivity index (χ1n) is 7.51. The monoisotopic (exact) mass is 315 g/mol. The molecule has 0 radical (unpaired) electrons. The van der Waals surface area contributed by atoms with Gasteiger partial charge in [0.1, 0.15) is 5.82 Å². The number of aryl methyl sites for hydroxylation is 1. The fourth-order valence-electron chi connectivity index (χ4n) is 2.70. The van der Waals surface area contributed by atoms with Gasteiger partial charge in [0.15, 0.2) is 0 Å². The number of halogens is 1. The van der Waals surface area contributed by atoms with E-state index in [0.29, 0.717) is 37.3 Å². The third kappa shape index (κ3) is 3.26. The molecule has 2 amide bonds. The summed E-state index contributed by atoms with van der Waals surface area (Å²) in [7, 11) is 1.87. The Morgan fingerprint density at radius 3 is 1.87 bits per heavy atom. The Kier molecular flexibility index (Phi) is 4.14. The molecule has 0 N–H and O–H groups in total. The predicted molar refractivity (Wildman–Crippen MR) is 83.6 cm³/mol. The second kappa shape index (κ2) is 6.24. The van der Waals surface area contributed by atoms with E-state index in [1.807, 2.05) is 17.8 Å². The van der Waals surface area contributed by atoms with Crippen molar-refractivity contribution in [2.45, 2.75) is 0 Å². The summed E-state index contributed by atoms with van der Waals surface area (Å²) in [5.41, 5.74) is 1.13. The van der Waals surface area contributed by atoms with Crippen LogP contribution in [-0.2, 0) is 7.05 Å². The lowest BCUT2D eigenvalue weighted by Gasteiger charge is -2.34. The number of piperazine rings is 1. The molecule has 1 aromatic heterocycles. The topological polar surface area (TPSA) is 45.6 Å². The number of rotatable bonds is 2. The molecule has 1 aliphatic heterocycles. The number of aromatic nitrogens is 1. The molecule has 1 saturated heterocycles. The third-order valence-corrected chi connectivity index (χ3v) is 4.02. The van der Waals surface area contributed by atoms with E-state index in [1.54, 1.807) is 22.1 Å². The normalized spacial score (nSPS) is 14.9. The van der Waals surface area contributed by atoms with E-state index >= 15 is 0 Å². The standard InChI is InChI=1S/C17H18FN3O2/c1-19-7-6-14(12-19)17(23)21-10-8-20(9-11-21)16(22)13-2-4-15(18)5-3-13/h2-7,12H,8-11H2,1H3. The molecule has 6 heteroatoms. The van der Waals surface area contributed by atoms with E-state index in [4.69, 9.17) is 0 Å². The summed E-state index contributed by atoms with van der Waals surface area (Å²) >= 11 is 0. The Bertz CT molecular complexity index is 716. The first-order valence-corrected chi connectivity index (χ1v) is 7.51. The highest BCUT2D eigenvalue weighted by Crippen LogP contribution is 2.12. The number of carbonyl (C=O) groups excluding carboxylic acids is 2. The van der Waals surface area contributed by atoms with Gasteiger partial charge in [0.05, 0.1) is 5.56 Å². The summed E-state index contributed by atoms with van der Waals surface area (Å²) in [6.45, 7) is 1.96. The van der Waals surface area contributed by atoms with Crippen molar-refractivity contribution in [1.29, 1.82) is 0 Å². The second-order valence-electron chi connectivity index (χ2n) is 5.66. The molecular formula is C17H18FN3O2. The van der Waals surface area contributed by atoms with Crippen molar-refractivity contribution < 1.29 is 14.0 Å². The number of nitrogens with zero attached hydrogens (tertiary/aromatic N) is 3. The smallest absolute Gasteiger partial charge is 0.255 e. The molecule has 1 aromatic carbocycles. The van der Waals surface area contributed by atoms with E-state index in [-0.39, 0.29) is 17.6 Å². The van der Waals surface area contributed by atoms with E-state index in [0.717, 1.165) is 0 Å². The van der Waals surface area contributed by atoms with Crippen LogP contribution in [0.4, 0.5) is 4.39 Å². The molecule has 120 valence electrons. The maximum atomic E-state index is 12.9. The van der Waals surface area contributed by atoms with Crippen molar-refractivity contribution >= 4 is 11.8 Å². The molecule has 1 aliphatic rings. The predicted octanol–water partition coefficient (Wildman–Crippen LogP) is 1.76. The summed E-state index contributed by atoms with van der Waals surface area (Å²) in [5.74, 6) is -0.504. The molecule has 5 nitrogen and oxygen atoms in total. The maximum absolute atomic E-state index is 12.9. The summed E-state index contributed by atoms with van der Waals surface area (Å²) in [5, 5.41) is 0. The van der Waals surface area contributed by atoms with Gasteiger partial charge in [0.2, 0.25) is 0 Å². The van der Waals surface area contributed by atoms with Crippen molar-refractivity contribution in [1.82, 2.24) is 14.4 Å². The molecule has 0 saturated carbocycles. The van der Waals surface area contributed by atoms with E-state index in [9.17, 15) is 14.0 Å². The van der Waals surface area contributed by atoms with Crippen LogP contribution in [0.3, 0.4) is 0 Å². The van der Waals surface area contributed by atoms with Crippen LogP contribution in [0.2, 0.25) is 0 Å². The zero-order valence-electron chi connectivity index (χ0n) is 12.9. The summed E-state index contributed by atoms with van der Waals surface area (Å²) in [6.07, 6.45) is 3.62. The minimum absolute atomic E-state index is 0.0144. The average Bonchev–Trinajstić information content (AvgIpc) is 3.01. The highest BCUT2D eigenvalue weighted by atomic mass is 19.1. The minimum Gasteiger partial charge on any atom is -0.356 e. The van der Waals surface area contributed by atoms with Crippen molar-refractivity contribution in [3.05, 3.63) is 59.7 Å². The summed E-state index contributed by atoms with van der Waals surface area (Å²) in [6, 6.07) is 7.32. The zero-order chi connectivity index (χ0) is 16.4. The largest absolute Gasteiger partial charge is 0.356 e. The Hall–Kier alpha value is -2.63. The van der Waals surface area contributed by atoms with Gasteiger partial charge in [0.25, 0.3) is 11.8 Å². The lowest BCUT2D eigenvalue weighted by Crippen LogP contribution is -2.50. The quantitative estimate of drug-likeness (QED) is 0.848. The number of hydrogen-bond donors (Lipinski definition) is 0. The van der Waals surface area contributed by atoms with Crippen LogP contribution < -0.4 is 0 Å². The molecule has 3 rings (SSSR count). The van der Waals surface area contributed by atoms with Crippen molar-refractivity contribution in [3.63, 3.8) is 0 Å². The van der Waals surface area contributed by atoms with Crippen LogP contribution in [-0.4, -0.2) is 52.4 Å². The maximum Gasteiger partial charge on any atom is 0.255 e. The molecule has 0 spiro atoms. The molecule has 23 heavy (non-hydrogen) atoms. The van der Waals surface area contributed by atoms with Crippen molar-refractivity contribution in [2.75, 3.05) is 26.2 Å². The molecule has 0 bridgehead atoms. The molecule has 1 fully saturated rings. The van der Waals surface area contributed by atoms with Gasteiger partial charge in [-0.3, -0.25) is 9.59 Å². The lowest BCUT2D eigenvalue weighted by atomic mass is 10.1. The van der Waals surface area contributed by atoms with Crippen LogP contribution in [0.15, 0.2) is 42.7 Å². The lowest BCUT2D eigenvalue weighted by molar-refractivity contribution is 0.0535. The van der Waals surface area contributed by atoms with Crippen molar-refractivity contribution in [2.24, 2.45) is 7.05 Å². The van der Waals surface area contributed by atoms with Crippen LogP contribution in [0.25, 0.3) is 0 Å². The minimum atomic E-state index is -0.361. The fraction of sp³-hybridized carbons (Fsp3) is 0.294. The molecule has 0 unspecified atom stereocenters. The van der Waals surface area contributed by atoms with Gasteiger partial charge in [-0.25, -0.2) is 4.39 Å². The molecular weight excluding hydrogens is 297 g/mol. The summed E-state index contributed by atoms with van der Waals surface area (Å²) in [4.78, 5) is 28.2. The number of carbonyl (C=O) groups is 2. The highest BCUT2D eigenvalue weighted by molar-refractivity contribution is 5.95. The SMILES string of the molecule is Cn1ccc(C(=O)N2CCN(C(=O)c3ccc(F)cc3)CC2)c1. The first kappa shape index (κ1) is 15.3. The Morgan fingerprint density at radius 1 is 0.870 bits per heavy atom. The van der Waals surface area contributed by atoms with E-state index < -0.39 is 0 Å². The van der Waals surface area contributed by atoms with Gasteiger partial charge in [-0.15, -0.1) is 0 Å². The van der Waals surface area contributed by atoms with Gasteiger partial charge < -0.3 is 14.4 Å². The molecule has 0 aliphatic carbocycles. The number of amides is 2. The Balaban J connectivity index is 1.61. The van der Waals surface area contributed by atoms with E-state index in [2.05, 4.69) is 0 Å². The van der Waals surface area contributed by atoms with Crippen molar-refractivity contribution in [3.8, 4) is 0 Å². The summed E-state index contributed by atoms with van der Waals surface area (Å²) < 4.78 is 14.8. The third-order valence-electron chi connectivity index (χ3n) is 4.02. The second-order valence-corrected chi connectivity index (χ2v) is 5.66. The highest BCUT2D eigenvalue weighted by Gasteiger charge is 2.25. The molecule has 0 atom stereocenters. The van der Waals surface area contributed by atoms with Crippen LogP contribution in [0.1, 0.15) is 20.7 Å². The van der Waals surface area contributed by atoms with Crippen LogP contribution >= 0.6 is 0 Å². The van der Waals surface area contributed by atoms with Crippen LogP contribution in [0, 0.1) is 5.82 Å². The average molecular weight is 315 g/mol. The zero-order valence-corrected chi connectivity index (χ0v) is 12.9. The van der Waals surface area contributed by atoms with E-state index in [1.165, 1.54) is 24.3 Å². The van der Waals surface area contributed by atoms with Gasteiger partial charge in [-0.2, -0.15) is 0 Å². The molecule has 2 heterocycles. The van der Waals surface area contributed by atoms with Gasteiger partial charge in [-0.05, 0) is 30.3 Å². The first-order chi connectivity index (χ1) is 11.0. The van der Waals surface area contributed by atoms with Gasteiger partial charge in [-0.1, -0.05) is 0 Å².